The molecule has 0 radical (unpaired) electrons. The number of hydrogen-bond acceptors (Lipinski definition) is 6. The summed E-state index contributed by atoms with van der Waals surface area (Å²) < 4.78 is 10.8. The minimum absolute atomic E-state index is 0.0828. The van der Waals surface area contributed by atoms with Gasteiger partial charge in [-0.25, -0.2) is 5.43 Å². The van der Waals surface area contributed by atoms with Gasteiger partial charge in [0.1, 0.15) is 0 Å². The van der Waals surface area contributed by atoms with Crippen molar-refractivity contribution < 1.29 is 23.9 Å². The Kier molecular flexibility index (Phi) is 7.91. The Balaban J connectivity index is 1.53. The highest BCUT2D eigenvalue weighted by Gasteiger charge is 2.26. The van der Waals surface area contributed by atoms with Gasteiger partial charge in [-0.1, -0.05) is 23.2 Å². The monoisotopic (exact) mass is 478 g/mol. The van der Waals surface area contributed by atoms with Crippen molar-refractivity contribution in [3.8, 4) is 11.5 Å². The zero-order valence-corrected chi connectivity index (χ0v) is 18.5. The number of rotatable bonds is 8. The van der Waals surface area contributed by atoms with Crippen LogP contribution >= 0.6 is 23.2 Å². The molecule has 0 unspecified atom stereocenters. The van der Waals surface area contributed by atoms with Crippen LogP contribution in [0.3, 0.4) is 0 Å². The zero-order valence-electron chi connectivity index (χ0n) is 17.0. The number of anilines is 1. The van der Waals surface area contributed by atoms with Crippen molar-refractivity contribution in [3.05, 3.63) is 52.0 Å². The number of nitrogens with one attached hydrogen (secondary N) is 3. The van der Waals surface area contributed by atoms with Crippen molar-refractivity contribution in [2.24, 2.45) is 5.10 Å². The SMILES string of the molecule is COc1cc(/C=N\NC(=O)C(=O)NC2CC2)ccc1OCC(=O)Nc1cc(Cl)cc(Cl)c1. The van der Waals surface area contributed by atoms with E-state index in [1.165, 1.54) is 13.3 Å². The van der Waals surface area contributed by atoms with Crippen LogP contribution in [-0.4, -0.2) is 43.7 Å². The van der Waals surface area contributed by atoms with Gasteiger partial charge in [0.25, 0.3) is 5.91 Å². The van der Waals surface area contributed by atoms with Crippen LogP contribution < -0.4 is 25.5 Å². The fourth-order valence-electron chi connectivity index (χ4n) is 2.54. The third-order valence-corrected chi connectivity index (χ3v) is 4.63. The first-order valence-electron chi connectivity index (χ1n) is 9.54. The van der Waals surface area contributed by atoms with Gasteiger partial charge in [0.05, 0.1) is 13.3 Å². The minimum Gasteiger partial charge on any atom is -0.493 e. The molecule has 0 bridgehead atoms. The number of carbonyl (C=O) groups is 3. The summed E-state index contributed by atoms with van der Waals surface area (Å²) in [7, 11) is 1.45. The molecule has 3 rings (SSSR count). The predicted molar refractivity (Wildman–Crippen MR) is 120 cm³/mol. The zero-order chi connectivity index (χ0) is 23.1. The van der Waals surface area contributed by atoms with Crippen LogP contribution in [0.25, 0.3) is 0 Å². The maximum atomic E-state index is 12.1. The van der Waals surface area contributed by atoms with E-state index < -0.39 is 17.7 Å². The third kappa shape index (κ3) is 7.14. The topological polar surface area (TPSA) is 118 Å². The van der Waals surface area contributed by atoms with Crippen LogP contribution in [0.5, 0.6) is 11.5 Å². The van der Waals surface area contributed by atoms with E-state index in [0.29, 0.717) is 32.8 Å². The second-order valence-corrected chi connectivity index (χ2v) is 7.73. The summed E-state index contributed by atoms with van der Waals surface area (Å²) in [4.78, 5) is 35.4. The van der Waals surface area contributed by atoms with Crippen LogP contribution in [0.4, 0.5) is 5.69 Å². The molecular formula is C21H20Cl2N4O5. The number of halogens is 2. The maximum absolute atomic E-state index is 12.1. The minimum atomic E-state index is -0.841. The number of nitrogens with zero attached hydrogens (tertiary/aromatic N) is 1. The number of carbonyl (C=O) groups excluding carboxylic acids is 3. The molecule has 0 aliphatic heterocycles. The molecule has 0 spiro atoms. The molecule has 32 heavy (non-hydrogen) atoms. The summed E-state index contributed by atoms with van der Waals surface area (Å²) in [5, 5.41) is 9.76. The van der Waals surface area contributed by atoms with Gasteiger partial charge in [-0.15, -0.1) is 0 Å². The van der Waals surface area contributed by atoms with Gasteiger partial charge < -0.3 is 20.1 Å². The quantitative estimate of drug-likeness (QED) is 0.306. The van der Waals surface area contributed by atoms with E-state index in [9.17, 15) is 14.4 Å². The number of benzene rings is 2. The fraction of sp³-hybridized carbons (Fsp3) is 0.238. The van der Waals surface area contributed by atoms with Gasteiger partial charge in [-0.3, -0.25) is 14.4 Å². The molecule has 2 aromatic rings. The molecule has 3 amide bonds. The smallest absolute Gasteiger partial charge is 0.329 e. The van der Waals surface area contributed by atoms with Crippen molar-refractivity contribution in [2.45, 2.75) is 18.9 Å². The van der Waals surface area contributed by atoms with E-state index in [0.717, 1.165) is 12.8 Å². The summed E-state index contributed by atoms with van der Waals surface area (Å²) in [5.74, 6) is -1.29. The first kappa shape index (κ1) is 23.4. The third-order valence-electron chi connectivity index (χ3n) is 4.19. The second-order valence-electron chi connectivity index (χ2n) is 6.85. The summed E-state index contributed by atoms with van der Waals surface area (Å²) in [5.41, 5.74) is 3.19. The van der Waals surface area contributed by atoms with Crippen LogP contribution in [0.2, 0.25) is 10.0 Å². The largest absolute Gasteiger partial charge is 0.493 e. The second kappa shape index (κ2) is 10.8. The highest BCUT2D eigenvalue weighted by Crippen LogP contribution is 2.28. The molecule has 1 aliphatic carbocycles. The van der Waals surface area contributed by atoms with Crippen molar-refractivity contribution in [2.75, 3.05) is 19.0 Å². The highest BCUT2D eigenvalue weighted by molar-refractivity contribution is 6.35. The molecule has 1 aliphatic rings. The van der Waals surface area contributed by atoms with Gasteiger partial charge in [0.2, 0.25) is 0 Å². The van der Waals surface area contributed by atoms with E-state index in [2.05, 4.69) is 21.2 Å². The van der Waals surface area contributed by atoms with Crippen molar-refractivity contribution in [1.82, 2.24) is 10.7 Å². The number of hydrogen-bond donors (Lipinski definition) is 3. The highest BCUT2D eigenvalue weighted by atomic mass is 35.5. The van der Waals surface area contributed by atoms with Crippen molar-refractivity contribution >= 4 is 52.8 Å². The van der Waals surface area contributed by atoms with Crippen LogP contribution in [0, 0.1) is 0 Å². The summed E-state index contributed by atoms with van der Waals surface area (Å²) in [6.07, 6.45) is 3.12. The van der Waals surface area contributed by atoms with Gasteiger partial charge in [0, 0.05) is 21.8 Å². The van der Waals surface area contributed by atoms with Crippen molar-refractivity contribution in [3.63, 3.8) is 0 Å². The molecule has 11 heteroatoms. The molecular weight excluding hydrogens is 459 g/mol. The van der Waals surface area contributed by atoms with Gasteiger partial charge in [0.15, 0.2) is 18.1 Å². The van der Waals surface area contributed by atoms with E-state index in [1.54, 1.807) is 36.4 Å². The molecule has 0 atom stereocenters. The number of methoxy groups -OCH3 is 1. The van der Waals surface area contributed by atoms with Gasteiger partial charge in [-0.2, -0.15) is 5.10 Å². The maximum Gasteiger partial charge on any atom is 0.329 e. The Hall–Kier alpha value is -3.30. The molecule has 1 saturated carbocycles. The first-order valence-corrected chi connectivity index (χ1v) is 10.3. The molecule has 1 fully saturated rings. The predicted octanol–water partition coefficient (Wildman–Crippen LogP) is 2.75. The Bertz CT molecular complexity index is 1040. The molecule has 168 valence electrons. The lowest BCUT2D eigenvalue weighted by Gasteiger charge is -2.12. The molecule has 2 aromatic carbocycles. The number of hydrazone groups is 1. The van der Waals surface area contributed by atoms with Crippen LogP contribution in [0.1, 0.15) is 18.4 Å². The molecule has 0 saturated heterocycles. The Labute approximate surface area is 194 Å². The number of ether oxygens (including phenoxy) is 2. The normalized spacial score (nSPS) is 12.8. The lowest BCUT2D eigenvalue weighted by molar-refractivity contribution is -0.139. The van der Waals surface area contributed by atoms with E-state index in [-0.39, 0.29) is 12.6 Å². The Morgan fingerprint density at radius 3 is 2.44 bits per heavy atom. The fourth-order valence-corrected chi connectivity index (χ4v) is 3.07. The summed E-state index contributed by atoms with van der Waals surface area (Å²) >= 11 is 11.8. The average molecular weight is 479 g/mol. The summed E-state index contributed by atoms with van der Waals surface area (Å²) in [6, 6.07) is 9.60. The van der Waals surface area contributed by atoms with Gasteiger partial charge in [-0.05, 0) is 54.8 Å². The molecule has 0 heterocycles. The van der Waals surface area contributed by atoms with Crippen LogP contribution in [0.15, 0.2) is 41.5 Å². The molecule has 3 N–H and O–H groups in total. The van der Waals surface area contributed by atoms with E-state index in [1.807, 2.05) is 0 Å². The summed E-state index contributed by atoms with van der Waals surface area (Å²) in [6.45, 7) is -0.278. The van der Waals surface area contributed by atoms with E-state index in [4.69, 9.17) is 32.7 Å². The lowest BCUT2D eigenvalue weighted by atomic mass is 10.2. The lowest BCUT2D eigenvalue weighted by Crippen LogP contribution is -2.38. The Morgan fingerprint density at radius 2 is 1.78 bits per heavy atom. The van der Waals surface area contributed by atoms with Crippen molar-refractivity contribution in [1.29, 1.82) is 0 Å². The van der Waals surface area contributed by atoms with Crippen LogP contribution in [-0.2, 0) is 14.4 Å². The van der Waals surface area contributed by atoms with E-state index >= 15 is 0 Å². The standard InChI is InChI=1S/C21H20Cl2N4O5/c1-31-18-6-12(10-24-27-21(30)20(29)26-15-3-4-15)2-5-17(18)32-11-19(28)25-16-8-13(22)7-14(23)9-16/h2,5-10,15H,3-4,11H2,1H3,(H,25,28)(H,26,29)(H,27,30)/b24-10-. The molecule has 9 nitrogen and oxygen atoms in total. The van der Waals surface area contributed by atoms with Gasteiger partial charge >= 0.3 is 11.8 Å². The Morgan fingerprint density at radius 1 is 1.06 bits per heavy atom. The molecule has 0 aromatic heterocycles. The first-order chi connectivity index (χ1) is 15.3. The number of amides is 3. The average Bonchev–Trinajstić information content (AvgIpc) is 3.55.